The first-order valence-electron chi connectivity index (χ1n) is 8.55. The molecule has 0 aliphatic carbocycles. The van der Waals surface area contributed by atoms with Gasteiger partial charge in [-0.1, -0.05) is 24.3 Å². The minimum atomic E-state index is -8.62. The average Bonchev–Trinajstić information content (AvgIpc) is 2.71. The third kappa shape index (κ3) is 4.57. The fourth-order valence-corrected chi connectivity index (χ4v) is 2.18. The summed E-state index contributed by atoms with van der Waals surface area (Å²) in [6, 6.07) is -0.222. The lowest BCUT2D eigenvalue weighted by Gasteiger charge is -2.41. The van der Waals surface area contributed by atoms with E-state index < -0.39 is 59.3 Å². The standard InChI is InChI=1S/C18H9F17O/c1-7(2)8-3-5-9(6-4-8)36-11(20)10(19)12(21,22)13(23,24)14(25,26)15(27,28)16(29,30)17(31,32)18(33,34)35/h3-6H,1H2,2H3. The molecule has 0 amide bonds. The van der Waals surface area contributed by atoms with Crippen LogP contribution in [0.4, 0.5) is 74.6 Å². The van der Waals surface area contributed by atoms with E-state index in [0.29, 0.717) is 17.7 Å². The Labute approximate surface area is 188 Å². The van der Waals surface area contributed by atoms with Gasteiger partial charge in [-0.3, -0.25) is 0 Å². The first-order chi connectivity index (χ1) is 15.7. The molecule has 0 N–H and O–H groups in total. The molecule has 0 aliphatic rings. The quantitative estimate of drug-likeness (QED) is 0.216. The van der Waals surface area contributed by atoms with Gasteiger partial charge in [0, 0.05) is 0 Å². The lowest BCUT2D eigenvalue weighted by molar-refractivity contribution is -0.451. The molecule has 18 heteroatoms. The molecule has 0 bridgehead atoms. The highest BCUT2D eigenvalue weighted by atomic mass is 19.4. The molecule has 0 saturated heterocycles. The van der Waals surface area contributed by atoms with Gasteiger partial charge in [0.1, 0.15) is 5.75 Å². The van der Waals surface area contributed by atoms with Gasteiger partial charge in [-0.05, 0) is 24.6 Å². The summed E-state index contributed by atoms with van der Waals surface area (Å²) in [4.78, 5) is 0. The number of halogens is 17. The summed E-state index contributed by atoms with van der Waals surface area (Å²) in [7, 11) is 0. The summed E-state index contributed by atoms with van der Waals surface area (Å²) in [6.45, 7) is 4.85. The zero-order valence-electron chi connectivity index (χ0n) is 16.9. The van der Waals surface area contributed by atoms with Crippen molar-refractivity contribution in [2.45, 2.75) is 48.6 Å². The second-order valence-corrected chi connectivity index (χ2v) is 6.94. The first-order valence-corrected chi connectivity index (χ1v) is 8.55. The number of hydrogen-bond donors (Lipinski definition) is 0. The van der Waals surface area contributed by atoms with Gasteiger partial charge < -0.3 is 4.74 Å². The van der Waals surface area contributed by atoms with Gasteiger partial charge in [-0.15, -0.1) is 0 Å². The maximum absolute atomic E-state index is 13.7. The summed E-state index contributed by atoms with van der Waals surface area (Å²) < 4.78 is 227. The molecule has 0 atom stereocenters. The first kappa shape index (κ1) is 31.3. The van der Waals surface area contributed by atoms with Crippen LogP contribution in [-0.2, 0) is 0 Å². The Morgan fingerprint density at radius 1 is 0.611 bits per heavy atom. The molecule has 1 aromatic carbocycles. The summed E-state index contributed by atoms with van der Waals surface area (Å²) in [5, 5.41) is 0. The van der Waals surface area contributed by atoms with Gasteiger partial charge in [0.2, 0.25) is 5.83 Å². The highest BCUT2D eigenvalue weighted by Gasteiger charge is 2.93. The maximum atomic E-state index is 13.7. The van der Waals surface area contributed by atoms with Crippen LogP contribution in [0.15, 0.2) is 42.7 Å². The van der Waals surface area contributed by atoms with Gasteiger partial charge in [0.25, 0.3) is 0 Å². The van der Waals surface area contributed by atoms with Crippen molar-refractivity contribution in [2.75, 3.05) is 0 Å². The second-order valence-electron chi connectivity index (χ2n) is 6.94. The Morgan fingerprint density at radius 3 is 1.33 bits per heavy atom. The van der Waals surface area contributed by atoms with Crippen LogP contribution < -0.4 is 4.74 Å². The monoisotopic (exact) mass is 564 g/mol. The van der Waals surface area contributed by atoms with Crippen LogP contribution >= 0.6 is 0 Å². The van der Waals surface area contributed by atoms with Crippen LogP contribution in [0.5, 0.6) is 5.75 Å². The minimum absolute atomic E-state index is 0.266. The third-order valence-corrected chi connectivity index (χ3v) is 4.33. The van der Waals surface area contributed by atoms with Crippen LogP contribution in [-0.4, -0.2) is 41.7 Å². The number of ether oxygens (including phenoxy) is 1. The van der Waals surface area contributed by atoms with E-state index in [9.17, 15) is 74.6 Å². The topological polar surface area (TPSA) is 9.23 Å². The van der Waals surface area contributed by atoms with E-state index in [1.165, 1.54) is 6.92 Å². The van der Waals surface area contributed by atoms with Gasteiger partial charge in [0.15, 0.2) is 0 Å². The maximum Gasteiger partial charge on any atom is 0.460 e. The largest absolute Gasteiger partial charge is 0.460 e. The second kappa shape index (κ2) is 9.00. The minimum Gasteiger partial charge on any atom is -0.430 e. The van der Waals surface area contributed by atoms with E-state index in [1.54, 1.807) is 0 Å². The normalized spacial score (nSPS) is 15.5. The zero-order chi connectivity index (χ0) is 28.9. The Bertz CT molecular complexity index is 1000. The van der Waals surface area contributed by atoms with Crippen molar-refractivity contribution in [3.63, 3.8) is 0 Å². The van der Waals surface area contributed by atoms with Gasteiger partial charge >= 0.3 is 47.7 Å². The summed E-state index contributed by atoms with van der Waals surface area (Å²) in [6.07, 6.45) is -7.78. The van der Waals surface area contributed by atoms with Crippen LogP contribution in [0, 0.1) is 0 Å². The van der Waals surface area contributed by atoms with Crippen molar-refractivity contribution in [1.29, 1.82) is 0 Å². The summed E-state index contributed by atoms with van der Waals surface area (Å²) in [5.41, 5.74) is 0.605. The molecule has 0 aliphatic heterocycles. The Hall–Kier alpha value is -2.69. The fraction of sp³-hybridized carbons (Fsp3) is 0.444. The van der Waals surface area contributed by atoms with E-state index >= 15 is 0 Å². The lowest BCUT2D eigenvalue weighted by atomic mass is 9.91. The Morgan fingerprint density at radius 2 is 0.972 bits per heavy atom. The highest BCUT2D eigenvalue weighted by Crippen LogP contribution is 2.63. The summed E-state index contributed by atoms with van der Waals surface area (Å²) in [5.74, 6) is -55.1. The van der Waals surface area contributed by atoms with Crippen molar-refractivity contribution in [2.24, 2.45) is 0 Å². The van der Waals surface area contributed by atoms with Crippen LogP contribution in [0.25, 0.3) is 5.57 Å². The molecule has 0 radical (unpaired) electrons. The molecular weight excluding hydrogens is 555 g/mol. The van der Waals surface area contributed by atoms with Crippen molar-refractivity contribution in [3.8, 4) is 5.75 Å². The molecule has 0 unspecified atom stereocenters. The Balaban J connectivity index is 3.54. The smallest absolute Gasteiger partial charge is 0.430 e. The molecule has 0 aromatic heterocycles. The molecule has 0 heterocycles. The van der Waals surface area contributed by atoms with E-state index in [4.69, 9.17) is 0 Å². The third-order valence-electron chi connectivity index (χ3n) is 4.33. The van der Waals surface area contributed by atoms with E-state index in [1.807, 2.05) is 0 Å². The van der Waals surface area contributed by atoms with Crippen molar-refractivity contribution in [1.82, 2.24) is 0 Å². The van der Waals surface area contributed by atoms with Crippen LogP contribution in [0.3, 0.4) is 0 Å². The number of benzene rings is 1. The molecule has 206 valence electrons. The highest BCUT2D eigenvalue weighted by molar-refractivity contribution is 5.61. The van der Waals surface area contributed by atoms with Crippen molar-refractivity contribution < 1.29 is 79.4 Å². The SMILES string of the molecule is C=C(C)c1ccc(OC(F)=C(F)C(F)(F)C(F)(F)C(F)(F)C(F)(F)C(F)(F)C(F)(F)C(F)(F)F)cc1. The van der Waals surface area contributed by atoms with Gasteiger partial charge in [-0.2, -0.15) is 74.6 Å². The molecule has 0 fully saturated rings. The van der Waals surface area contributed by atoms with Crippen LogP contribution in [0.1, 0.15) is 12.5 Å². The van der Waals surface area contributed by atoms with Crippen molar-refractivity contribution >= 4 is 5.57 Å². The Kier molecular flexibility index (Phi) is 7.84. The van der Waals surface area contributed by atoms with Crippen LogP contribution in [0.2, 0.25) is 0 Å². The molecule has 1 rings (SSSR count). The van der Waals surface area contributed by atoms with E-state index in [-0.39, 0.29) is 5.56 Å². The number of rotatable bonds is 9. The average molecular weight is 564 g/mol. The molecule has 1 aromatic rings. The molecule has 0 spiro atoms. The fourth-order valence-electron chi connectivity index (χ4n) is 2.18. The van der Waals surface area contributed by atoms with E-state index in [0.717, 1.165) is 12.1 Å². The molecule has 0 saturated carbocycles. The number of hydrogen-bond acceptors (Lipinski definition) is 1. The van der Waals surface area contributed by atoms with E-state index in [2.05, 4.69) is 11.3 Å². The molecule has 36 heavy (non-hydrogen) atoms. The predicted octanol–water partition coefficient (Wildman–Crippen LogP) is 8.58. The lowest BCUT2D eigenvalue weighted by Crippen LogP contribution is -2.72. The number of allylic oxidation sites excluding steroid dienone is 2. The zero-order valence-corrected chi connectivity index (χ0v) is 16.9. The van der Waals surface area contributed by atoms with Gasteiger partial charge in [-0.25, -0.2) is 0 Å². The van der Waals surface area contributed by atoms with Gasteiger partial charge in [0.05, 0.1) is 0 Å². The molecular formula is C18H9F17O. The molecule has 1 nitrogen and oxygen atoms in total. The predicted molar refractivity (Wildman–Crippen MR) is 86.8 cm³/mol. The van der Waals surface area contributed by atoms with Crippen molar-refractivity contribution in [3.05, 3.63) is 48.2 Å². The number of alkyl halides is 15. The summed E-state index contributed by atoms with van der Waals surface area (Å²) >= 11 is 0.